The molecule has 0 bridgehead atoms. The van der Waals surface area contributed by atoms with Gasteiger partial charge in [0.15, 0.2) is 0 Å². The van der Waals surface area contributed by atoms with E-state index in [-0.39, 0.29) is 21.3 Å². The molecule has 0 radical (unpaired) electrons. The third-order valence-electron chi connectivity index (χ3n) is 6.53. The second-order valence-electron chi connectivity index (χ2n) is 10.4. The molecule has 200 valence electrons. The van der Waals surface area contributed by atoms with E-state index < -0.39 is 15.3 Å². The lowest BCUT2D eigenvalue weighted by Crippen LogP contribution is -2.27. The minimum Gasteiger partial charge on any atom is -0.325 e. The zero-order chi connectivity index (χ0) is 27.7. The van der Waals surface area contributed by atoms with E-state index in [1.54, 1.807) is 13.8 Å². The fourth-order valence-corrected chi connectivity index (χ4v) is 6.97. The minimum atomic E-state index is -3.83. The maximum atomic E-state index is 12.9. The lowest BCUT2D eigenvalue weighted by atomic mass is 9.71. The van der Waals surface area contributed by atoms with Crippen LogP contribution in [0.25, 0.3) is 0 Å². The van der Waals surface area contributed by atoms with Crippen molar-refractivity contribution in [3.63, 3.8) is 0 Å². The van der Waals surface area contributed by atoms with Gasteiger partial charge in [0.2, 0.25) is 11.0 Å². The molecule has 1 aliphatic carbocycles. The zero-order valence-electron chi connectivity index (χ0n) is 21.9. The Morgan fingerprint density at radius 1 is 1.24 bits per heavy atom. The van der Waals surface area contributed by atoms with Crippen LogP contribution in [-0.4, -0.2) is 34.8 Å². The minimum absolute atomic E-state index is 0.0383. The number of benzene rings is 1. The van der Waals surface area contributed by atoms with Gasteiger partial charge in [-0.25, -0.2) is 13.4 Å². The van der Waals surface area contributed by atoms with Crippen LogP contribution >= 0.6 is 23.1 Å². The molecule has 0 spiro atoms. The number of hydrogen-bond donors (Lipinski definition) is 2. The highest BCUT2D eigenvalue weighted by Gasteiger charge is 2.30. The molecule has 1 aromatic carbocycles. The average molecular weight is 571 g/mol. The van der Waals surface area contributed by atoms with Gasteiger partial charge >= 0.3 is 0 Å². The number of carbonyl (C=O) groups is 1. The number of fused-ring (bicyclic) bond motifs is 1. The zero-order valence-corrected chi connectivity index (χ0v) is 24.4. The molecule has 2 N–H and O–H groups in total. The summed E-state index contributed by atoms with van der Waals surface area (Å²) in [6.45, 7) is 10.2. The molecule has 2 aromatic heterocycles. The van der Waals surface area contributed by atoms with Crippen molar-refractivity contribution < 1.29 is 13.2 Å². The van der Waals surface area contributed by atoms with Crippen molar-refractivity contribution in [2.75, 3.05) is 10.0 Å². The van der Waals surface area contributed by atoms with Gasteiger partial charge in [-0.1, -0.05) is 43.9 Å². The summed E-state index contributed by atoms with van der Waals surface area (Å²) in [4.78, 5) is 17.7. The molecule has 2 unspecified atom stereocenters. The molecule has 3 aromatic rings. The van der Waals surface area contributed by atoms with Crippen molar-refractivity contribution in [1.82, 2.24) is 15.2 Å². The molecule has 38 heavy (non-hydrogen) atoms. The second kappa shape index (κ2) is 11.0. The maximum absolute atomic E-state index is 12.9. The Balaban J connectivity index is 1.41. The predicted octanol–water partition coefficient (Wildman–Crippen LogP) is 5.18. The Hall–Kier alpha value is -3.01. The molecule has 2 atom stereocenters. The van der Waals surface area contributed by atoms with E-state index in [1.165, 1.54) is 36.0 Å². The standard InChI is InChI=1S/C26H30N6O3S3/c1-15(36-24-18(14-27)12-17-13-19(26(3,4)5)6-11-22(17)29-24)23(33)28-20-7-9-21(10-8-20)38(34,35)32-25-31-30-16(2)37-25/h7-10,12,15,19H,6,11,13H2,1-5H3,(H,28,33)(H,31,32). The smallest absolute Gasteiger partial charge is 0.263 e. The molecule has 0 fully saturated rings. The summed E-state index contributed by atoms with van der Waals surface area (Å²) in [5.41, 5.74) is 3.27. The summed E-state index contributed by atoms with van der Waals surface area (Å²) in [5.74, 6) is 0.265. The van der Waals surface area contributed by atoms with Gasteiger partial charge in [0.1, 0.15) is 16.1 Å². The normalized spacial score (nSPS) is 16.3. The Kier molecular flexibility index (Phi) is 8.11. The van der Waals surface area contributed by atoms with Gasteiger partial charge in [-0.2, -0.15) is 5.26 Å². The van der Waals surface area contributed by atoms with Crippen LogP contribution in [0.5, 0.6) is 0 Å². The molecule has 2 heterocycles. The third kappa shape index (κ3) is 6.51. The molecule has 0 aliphatic heterocycles. The highest BCUT2D eigenvalue weighted by molar-refractivity contribution is 8.00. The number of anilines is 2. The van der Waals surface area contributed by atoms with Crippen molar-refractivity contribution in [3.05, 3.63) is 52.2 Å². The molecule has 9 nitrogen and oxygen atoms in total. The number of rotatable bonds is 7. The summed E-state index contributed by atoms with van der Waals surface area (Å²) in [6.07, 6.45) is 2.82. The molecule has 12 heteroatoms. The van der Waals surface area contributed by atoms with Crippen LogP contribution in [0.2, 0.25) is 0 Å². The maximum Gasteiger partial charge on any atom is 0.263 e. The SMILES string of the molecule is Cc1nnc(NS(=O)(=O)c2ccc(NC(=O)C(C)Sc3nc4c(cc3C#N)CC(C(C)(C)C)CC4)cc2)s1. The van der Waals surface area contributed by atoms with Crippen LogP contribution in [0, 0.1) is 29.6 Å². The number of sulfonamides is 1. The molecule has 4 rings (SSSR count). The number of amides is 1. The van der Waals surface area contributed by atoms with Gasteiger partial charge in [0.25, 0.3) is 10.0 Å². The Morgan fingerprint density at radius 3 is 2.55 bits per heavy atom. The van der Waals surface area contributed by atoms with E-state index in [2.05, 4.69) is 47.1 Å². The third-order valence-corrected chi connectivity index (χ3v) is 9.88. The highest BCUT2D eigenvalue weighted by Crippen LogP contribution is 2.38. The molecule has 1 aliphatic rings. The summed E-state index contributed by atoms with van der Waals surface area (Å²) in [6, 6.07) is 10.1. The Morgan fingerprint density at radius 2 is 1.95 bits per heavy atom. The van der Waals surface area contributed by atoms with Crippen molar-refractivity contribution in [2.24, 2.45) is 11.3 Å². The number of pyridine rings is 1. The van der Waals surface area contributed by atoms with E-state index in [4.69, 9.17) is 4.98 Å². The summed E-state index contributed by atoms with van der Waals surface area (Å²) in [5, 5.41) is 21.0. The summed E-state index contributed by atoms with van der Waals surface area (Å²) >= 11 is 2.39. The van der Waals surface area contributed by atoms with Crippen LogP contribution in [-0.2, 0) is 27.7 Å². The van der Waals surface area contributed by atoms with Gasteiger partial charge in [0.05, 0.1) is 15.7 Å². The fourth-order valence-electron chi connectivity index (χ4n) is 4.25. The summed E-state index contributed by atoms with van der Waals surface area (Å²) in [7, 11) is -3.83. The lowest BCUT2D eigenvalue weighted by molar-refractivity contribution is -0.115. The predicted molar refractivity (Wildman–Crippen MR) is 150 cm³/mol. The van der Waals surface area contributed by atoms with E-state index >= 15 is 0 Å². The molecule has 0 saturated carbocycles. The number of aromatic nitrogens is 3. The first-order valence-corrected chi connectivity index (χ1v) is 15.4. The van der Waals surface area contributed by atoms with Crippen LogP contribution < -0.4 is 10.0 Å². The van der Waals surface area contributed by atoms with Crippen LogP contribution in [0.15, 0.2) is 40.3 Å². The number of thioether (sulfide) groups is 1. The van der Waals surface area contributed by atoms with Gasteiger partial charge < -0.3 is 5.32 Å². The molecular weight excluding hydrogens is 541 g/mol. The number of carbonyl (C=O) groups excluding carboxylic acids is 1. The largest absolute Gasteiger partial charge is 0.325 e. The first kappa shape index (κ1) is 28.0. The van der Waals surface area contributed by atoms with E-state index in [0.29, 0.717) is 27.2 Å². The van der Waals surface area contributed by atoms with Gasteiger partial charge in [-0.3, -0.25) is 9.52 Å². The van der Waals surface area contributed by atoms with Gasteiger partial charge in [-0.15, -0.1) is 10.2 Å². The highest BCUT2D eigenvalue weighted by atomic mass is 32.2. The summed E-state index contributed by atoms with van der Waals surface area (Å²) < 4.78 is 27.6. The van der Waals surface area contributed by atoms with Crippen LogP contribution in [0.4, 0.5) is 10.8 Å². The second-order valence-corrected chi connectivity index (χ2v) is 14.6. The molecule has 1 amide bonds. The number of nitrogens with zero attached hydrogens (tertiary/aromatic N) is 4. The van der Waals surface area contributed by atoms with Crippen molar-refractivity contribution >= 4 is 49.8 Å². The number of nitriles is 1. The Bertz CT molecular complexity index is 1490. The van der Waals surface area contributed by atoms with E-state index in [1.807, 2.05) is 6.07 Å². The number of nitrogens with one attached hydrogen (secondary N) is 2. The van der Waals surface area contributed by atoms with Crippen molar-refractivity contribution in [1.29, 1.82) is 5.26 Å². The monoisotopic (exact) mass is 570 g/mol. The van der Waals surface area contributed by atoms with Crippen molar-refractivity contribution in [3.8, 4) is 6.07 Å². The number of aryl methyl sites for hydroxylation is 2. The molecule has 0 saturated heterocycles. The van der Waals surface area contributed by atoms with E-state index in [0.717, 1.165) is 41.9 Å². The van der Waals surface area contributed by atoms with Gasteiger partial charge in [-0.05, 0) is 80.3 Å². The Labute approximate surface area is 231 Å². The van der Waals surface area contributed by atoms with Gasteiger partial charge in [0, 0.05) is 11.4 Å². The van der Waals surface area contributed by atoms with Crippen LogP contribution in [0.1, 0.15) is 55.9 Å². The molecular formula is C26H30N6O3S3. The first-order chi connectivity index (χ1) is 17.9. The van der Waals surface area contributed by atoms with Crippen LogP contribution in [0.3, 0.4) is 0 Å². The average Bonchev–Trinajstić information content (AvgIpc) is 3.26. The fraction of sp³-hybridized carbons (Fsp3) is 0.423. The lowest BCUT2D eigenvalue weighted by Gasteiger charge is -2.34. The van der Waals surface area contributed by atoms with Crippen molar-refractivity contribution in [2.45, 2.75) is 69.1 Å². The number of hydrogen-bond acceptors (Lipinski definition) is 9. The topological polar surface area (TPSA) is 138 Å². The first-order valence-electron chi connectivity index (χ1n) is 12.2. The quantitative estimate of drug-likeness (QED) is 0.371. The van der Waals surface area contributed by atoms with E-state index in [9.17, 15) is 18.5 Å².